The van der Waals surface area contributed by atoms with Gasteiger partial charge >= 0.3 is 0 Å². The first kappa shape index (κ1) is 21.1. The summed E-state index contributed by atoms with van der Waals surface area (Å²) in [6.07, 6.45) is 1.18. The fourth-order valence-electron chi connectivity index (χ4n) is 3.76. The van der Waals surface area contributed by atoms with E-state index < -0.39 is 0 Å². The molecule has 0 spiro atoms. The number of rotatable bonds is 6. The van der Waals surface area contributed by atoms with Crippen LogP contribution in [0.25, 0.3) is 10.2 Å². The summed E-state index contributed by atoms with van der Waals surface area (Å²) < 4.78 is 6.33. The maximum atomic E-state index is 12.7. The van der Waals surface area contributed by atoms with Crippen LogP contribution >= 0.6 is 11.3 Å². The van der Waals surface area contributed by atoms with Crippen LogP contribution in [0.4, 0.5) is 10.8 Å². The van der Waals surface area contributed by atoms with E-state index in [9.17, 15) is 9.59 Å². The molecule has 31 heavy (non-hydrogen) atoms. The van der Waals surface area contributed by atoms with E-state index >= 15 is 0 Å². The van der Waals surface area contributed by atoms with Gasteiger partial charge in [0.2, 0.25) is 11.8 Å². The van der Waals surface area contributed by atoms with Crippen LogP contribution in [0.2, 0.25) is 0 Å². The molecule has 1 aliphatic rings. The van der Waals surface area contributed by atoms with Crippen molar-refractivity contribution in [2.45, 2.75) is 19.8 Å². The van der Waals surface area contributed by atoms with Gasteiger partial charge in [0.05, 0.1) is 17.3 Å². The number of nitrogens with zero attached hydrogens (tertiary/aromatic N) is 3. The summed E-state index contributed by atoms with van der Waals surface area (Å²) in [4.78, 5) is 32.6. The Morgan fingerprint density at radius 2 is 1.94 bits per heavy atom. The third-order valence-electron chi connectivity index (χ3n) is 5.41. The van der Waals surface area contributed by atoms with Gasteiger partial charge < -0.3 is 19.9 Å². The molecule has 1 aromatic heterocycles. The van der Waals surface area contributed by atoms with E-state index in [1.807, 2.05) is 35.2 Å². The van der Waals surface area contributed by atoms with E-state index in [0.29, 0.717) is 18.0 Å². The van der Waals surface area contributed by atoms with Gasteiger partial charge in [-0.25, -0.2) is 4.98 Å². The third-order valence-corrected chi connectivity index (χ3v) is 6.35. The van der Waals surface area contributed by atoms with Crippen molar-refractivity contribution in [1.29, 1.82) is 0 Å². The van der Waals surface area contributed by atoms with Crippen molar-refractivity contribution in [3.8, 4) is 5.75 Å². The number of methoxy groups -OCH3 is 1. The van der Waals surface area contributed by atoms with Gasteiger partial charge in [-0.1, -0.05) is 23.5 Å². The van der Waals surface area contributed by atoms with Crippen molar-refractivity contribution < 1.29 is 14.3 Å². The summed E-state index contributed by atoms with van der Waals surface area (Å²) >= 11 is 1.45. The zero-order valence-electron chi connectivity index (χ0n) is 17.8. The zero-order chi connectivity index (χ0) is 21.8. The minimum atomic E-state index is -0.128. The normalized spacial score (nSPS) is 14.0. The predicted octanol–water partition coefficient (Wildman–Crippen LogP) is 3.54. The lowest BCUT2D eigenvalue weighted by atomic mass is 10.1. The van der Waals surface area contributed by atoms with Crippen LogP contribution in [0.15, 0.2) is 42.5 Å². The topological polar surface area (TPSA) is 74.8 Å². The number of thiazole rings is 1. The molecule has 1 aliphatic heterocycles. The number of benzene rings is 2. The molecule has 2 amide bonds. The number of anilines is 2. The number of fused-ring (bicyclic) bond motifs is 1. The van der Waals surface area contributed by atoms with Crippen LogP contribution in [0.5, 0.6) is 5.75 Å². The Morgan fingerprint density at radius 1 is 1.13 bits per heavy atom. The number of amides is 2. The molecule has 0 unspecified atom stereocenters. The van der Waals surface area contributed by atoms with Crippen molar-refractivity contribution in [3.05, 3.63) is 48.0 Å². The van der Waals surface area contributed by atoms with Crippen molar-refractivity contribution in [1.82, 2.24) is 9.88 Å². The highest BCUT2D eigenvalue weighted by Gasteiger charge is 2.21. The Labute approximate surface area is 185 Å². The summed E-state index contributed by atoms with van der Waals surface area (Å²) in [5.74, 6) is 0.906. The molecule has 1 N–H and O–H groups in total. The first-order valence-electron chi connectivity index (χ1n) is 10.4. The summed E-state index contributed by atoms with van der Waals surface area (Å²) in [5.41, 5.74) is 3.09. The second-order valence-electron chi connectivity index (χ2n) is 7.57. The Hall–Kier alpha value is -3.13. The van der Waals surface area contributed by atoms with Crippen molar-refractivity contribution in [3.63, 3.8) is 0 Å². The molecule has 0 bridgehead atoms. The van der Waals surface area contributed by atoms with E-state index in [-0.39, 0.29) is 11.8 Å². The fourth-order valence-corrected chi connectivity index (χ4v) is 4.73. The van der Waals surface area contributed by atoms with Crippen LogP contribution in [0, 0.1) is 0 Å². The molecule has 3 aromatic rings. The van der Waals surface area contributed by atoms with E-state index in [1.54, 1.807) is 7.11 Å². The Morgan fingerprint density at radius 3 is 2.68 bits per heavy atom. The number of hydrogen-bond acceptors (Lipinski definition) is 6. The SMILES string of the molecule is COc1cccc(N2CCN(C(=O)CCc3ccc4nc(NC(C)=O)sc4c3)CC2)c1. The lowest BCUT2D eigenvalue weighted by molar-refractivity contribution is -0.131. The molecule has 0 saturated carbocycles. The number of carbonyl (C=O) groups is 2. The molecule has 2 heterocycles. The van der Waals surface area contributed by atoms with E-state index in [4.69, 9.17) is 4.74 Å². The first-order valence-corrected chi connectivity index (χ1v) is 11.2. The molecule has 1 fully saturated rings. The van der Waals surface area contributed by atoms with Gasteiger partial charge in [-0.2, -0.15) is 0 Å². The van der Waals surface area contributed by atoms with Gasteiger partial charge in [-0.3, -0.25) is 9.59 Å². The average molecular weight is 439 g/mol. The molecular formula is C23H26N4O3S. The van der Waals surface area contributed by atoms with Gasteiger partial charge in [0.1, 0.15) is 5.75 Å². The minimum absolute atomic E-state index is 0.128. The molecule has 1 saturated heterocycles. The van der Waals surface area contributed by atoms with E-state index in [1.165, 1.54) is 18.3 Å². The molecule has 4 rings (SSSR count). The van der Waals surface area contributed by atoms with Crippen LogP contribution in [0.3, 0.4) is 0 Å². The summed E-state index contributed by atoms with van der Waals surface area (Å²) in [6.45, 7) is 4.56. The van der Waals surface area contributed by atoms with E-state index in [2.05, 4.69) is 27.3 Å². The number of aryl methyl sites for hydroxylation is 1. The van der Waals surface area contributed by atoms with Gasteiger partial charge in [-0.15, -0.1) is 0 Å². The Bertz CT molecular complexity index is 1090. The van der Waals surface area contributed by atoms with Crippen molar-refractivity contribution in [2.24, 2.45) is 0 Å². The first-order chi connectivity index (χ1) is 15.0. The summed E-state index contributed by atoms with van der Waals surface area (Å²) in [6, 6.07) is 14.1. The highest BCUT2D eigenvalue weighted by Crippen LogP contribution is 2.27. The molecule has 2 aromatic carbocycles. The number of aromatic nitrogens is 1. The summed E-state index contributed by atoms with van der Waals surface area (Å²) in [7, 11) is 1.67. The molecule has 0 aliphatic carbocycles. The van der Waals surface area contributed by atoms with Crippen LogP contribution in [-0.2, 0) is 16.0 Å². The molecule has 0 radical (unpaired) electrons. The molecule has 8 heteroatoms. The number of carbonyl (C=O) groups excluding carboxylic acids is 2. The van der Waals surface area contributed by atoms with Gasteiger partial charge in [0.15, 0.2) is 5.13 Å². The molecular weight excluding hydrogens is 412 g/mol. The van der Waals surface area contributed by atoms with Crippen LogP contribution in [0.1, 0.15) is 18.9 Å². The fraction of sp³-hybridized carbons (Fsp3) is 0.348. The standard InChI is InChI=1S/C23H26N4O3S/c1-16(28)24-23-25-20-8-6-17(14-21(20)31-23)7-9-22(29)27-12-10-26(11-13-27)18-4-3-5-19(15-18)30-2/h3-6,8,14-15H,7,9-13H2,1-2H3,(H,24,25,28). The monoisotopic (exact) mass is 438 g/mol. The second-order valence-corrected chi connectivity index (χ2v) is 8.60. The maximum absolute atomic E-state index is 12.7. The zero-order valence-corrected chi connectivity index (χ0v) is 18.6. The summed E-state index contributed by atoms with van der Waals surface area (Å²) in [5, 5.41) is 3.33. The molecule has 7 nitrogen and oxygen atoms in total. The molecule has 162 valence electrons. The smallest absolute Gasteiger partial charge is 0.223 e. The highest BCUT2D eigenvalue weighted by molar-refractivity contribution is 7.22. The van der Waals surface area contributed by atoms with Gasteiger partial charge in [0.25, 0.3) is 0 Å². The Kier molecular flexibility index (Phi) is 6.36. The average Bonchev–Trinajstić information content (AvgIpc) is 3.18. The minimum Gasteiger partial charge on any atom is -0.497 e. The maximum Gasteiger partial charge on any atom is 0.223 e. The van der Waals surface area contributed by atoms with Gasteiger partial charge in [0, 0.05) is 51.3 Å². The number of piperazine rings is 1. The lowest BCUT2D eigenvalue weighted by Crippen LogP contribution is -2.48. The number of hydrogen-bond donors (Lipinski definition) is 1. The lowest BCUT2D eigenvalue weighted by Gasteiger charge is -2.36. The quantitative estimate of drug-likeness (QED) is 0.637. The van der Waals surface area contributed by atoms with E-state index in [0.717, 1.165) is 53.4 Å². The van der Waals surface area contributed by atoms with Crippen molar-refractivity contribution >= 4 is 44.2 Å². The third kappa shape index (κ3) is 5.14. The molecule has 0 atom stereocenters. The predicted molar refractivity (Wildman–Crippen MR) is 124 cm³/mol. The number of nitrogens with one attached hydrogen (secondary N) is 1. The highest BCUT2D eigenvalue weighted by atomic mass is 32.1. The second kappa shape index (κ2) is 9.34. The van der Waals surface area contributed by atoms with Crippen molar-refractivity contribution in [2.75, 3.05) is 43.5 Å². The number of ether oxygens (including phenoxy) is 1. The largest absolute Gasteiger partial charge is 0.497 e. The Balaban J connectivity index is 1.30. The van der Waals surface area contributed by atoms with Crippen LogP contribution in [-0.4, -0.2) is 55.0 Å². The van der Waals surface area contributed by atoms with Crippen LogP contribution < -0.4 is 15.0 Å². The van der Waals surface area contributed by atoms with Gasteiger partial charge in [-0.05, 0) is 36.2 Å².